The summed E-state index contributed by atoms with van der Waals surface area (Å²) in [7, 11) is -2.44. The highest BCUT2D eigenvalue weighted by atomic mass is 28.4. The predicted octanol–water partition coefficient (Wildman–Crippen LogP) is 8.17. The number of rotatable bonds is 13. The van der Waals surface area contributed by atoms with Crippen molar-refractivity contribution in [1.82, 2.24) is 0 Å². The second kappa shape index (κ2) is 14.8. The number of ether oxygens (including phenoxy) is 2. The van der Waals surface area contributed by atoms with E-state index in [-0.39, 0.29) is 11.3 Å². The standard InChI is InChI=1S/C35H52O3Si/c1-29-30(17-11-13-26-36-34-25-12-14-27-37-34)18-15-19-31(29)20-16-28-38-39(35(2,3)4,32-21-7-5-8-22-32)33-23-9-6-10-24-33/h5-10,21-24,31,34H,11-20,25-28H2,1-4H3/t31-,34-/m0/s1. The third kappa shape index (κ3) is 7.94. The van der Waals surface area contributed by atoms with Gasteiger partial charge in [-0.2, -0.15) is 0 Å². The van der Waals surface area contributed by atoms with E-state index in [1.165, 1.54) is 61.7 Å². The van der Waals surface area contributed by atoms with Crippen LogP contribution < -0.4 is 10.4 Å². The summed E-state index contributed by atoms with van der Waals surface area (Å²) in [5, 5.41) is 2.79. The Kier molecular flexibility index (Phi) is 11.5. The van der Waals surface area contributed by atoms with E-state index in [1.807, 2.05) is 0 Å². The highest BCUT2D eigenvalue weighted by Gasteiger charge is 2.50. The van der Waals surface area contributed by atoms with Crippen molar-refractivity contribution in [3.63, 3.8) is 0 Å². The van der Waals surface area contributed by atoms with Crippen molar-refractivity contribution < 1.29 is 13.9 Å². The minimum Gasteiger partial charge on any atom is -0.407 e. The van der Waals surface area contributed by atoms with Crippen LogP contribution in [0.1, 0.15) is 98.3 Å². The number of hydrogen-bond donors (Lipinski definition) is 0. The minimum atomic E-state index is -2.44. The van der Waals surface area contributed by atoms with E-state index in [9.17, 15) is 0 Å². The zero-order valence-electron chi connectivity index (χ0n) is 25.1. The molecule has 1 fully saturated rings. The van der Waals surface area contributed by atoms with Crippen LogP contribution in [0.4, 0.5) is 0 Å². The van der Waals surface area contributed by atoms with Gasteiger partial charge in [0.2, 0.25) is 0 Å². The van der Waals surface area contributed by atoms with Crippen LogP contribution in [0.15, 0.2) is 71.8 Å². The number of allylic oxidation sites excluding steroid dienone is 2. The number of hydrogen-bond acceptors (Lipinski definition) is 3. The molecule has 4 heteroatoms. The van der Waals surface area contributed by atoms with Crippen molar-refractivity contribution in [2.75, 3.05) is 19.8 Å². The molecular formula is C35H52O3Si. The summed E-state index contributed by atoms with van der Waals surface area (Å²) in [5.74, 6) is 0.711. The van der Waals surface area contributed by atoms with E-state index in [1.54, 1.807) is 11.1 Å². The Labute approximate surface area is 239 Å². The molecule has 1 saturated heterocycles. The van der Waals surface area contributed by atoms with E-state index < -0.39 is 8.32 Å². The largest absolute Gasteiger partial charge is 0.407 e. The van der Waals surface area contributed by atoms with E-state index >= 15 is 0 Å². The Balaban J connectivity index is 1.32. The molecule has 2 aromatic rings. The quantitative estimate of drug-likeness (QED) is 0.143. The highest BCUT2D eigenvalue weighted by molar-refractivity contribution is 6.99. The van der Waals surface area contributed by atoms with Crippen molar-refractivity contribution in [1.29, 1.82) is 0 Å². The zero-order valence-corrected chi connectivity index (χ0v) is 26.1. The monoisotopic (exact) mass is 548 g/mol. The molecule has 0 aromatic heterocycles. The van der Waals surface area contributed by atoms with Gasteiger partial charge in [0.1, 0.15) is 0 Å². The Morgan fingerprint density at radius 3 is 2.13 bits per heavy atom. The van der Waals surface area contributed by atoms with Crippen LogP contribution in [0.25, 0.3) is 0 Å². The molecule has 0 N–H and O–H groups in total. The summed E-state index contributed by atoms with van der Waals surface area (Å²) in [6.45, 7) is 12.0. The van der Waals surface area contributed by atoms with Crippen molar-refractivity contribution in [3.8, 4) is 0 Å². The summed E-state index contributed by atoms with van der Waals surface area (Å²) in [6.07, 6.45) is 13.4. The fraction of sp³-hybridized carbons (Fsp3) is 0.600. The maximum Gasteiger partial charge on any atom is 0.261 e. The fourth-order valence-corrected chi connectivity index (χ4v) is 11.4. The molecule has 1 aliphatic carbocycles. The van der Waals surface area contributed by atoms with Crippen LogP contribution in [0.2, 0.25) is 5.04 Å². The van der Waals surface area contributed by atoms with Crippen LogP contribution >= 0.6 is 0 Å². The normalized spacial score (nSPS) is 20.8. The Morgan fingerprint density at radius 2 is 1.51 bits per heavy atom. The van der Waals surface area contributed by atoms with E-state index in [2.05, 4.69) is 88.4 Å². The maximum atomic E-state index is 7.16. The Bertz CT molecular complexity index is 966. The van der Waals surface area contributed by atoms with Gasteiger partial charge in [-0.15, -0.1) is 0 Å². The molecule has 1 heterocycles. The van der Waals surface area contributed by atoms with Gasteiger partial charge in [-0.05, 0) is 98.9 Å². The van der Waals surface area contributed by atoms with Gasteiger partial charge in [0.05, 0.1) is 0 Å². The topological polar surface area (TPSA) is 27.7 Å². The summed E-state index contributed by atoms with van der Waals surface area (Å²) in [4.78, 5) is 0. The van der Waals surface area contributed by atoms with E-state index in [4.69, 9.17) is 13.9 Å². The van der Waals surface area contributed by atoms with E-state index in [0.717, 1.165) is 39.1 Å². The molecule has 0 bridgehead atoms. The fourth-order valence-electron chi connectivity index (χ4n) is 6.76. The smallest absolute Gasteiger partial charge is 0.261 e. The van der Waals surface area contributed by atoms with Gasteiger partial charge in [-0.1, -0.05) is 92.6 Å². The van der Waals surface area contributed by atoms with Gasteiger partial charge in [0, 0.05) is 19.8 Å². The molecule has 0 spiro atoms. The summed E-state index contributed by atoms with van der Waals surface area (Å²) >= 11 is 0. The molecule has 3 nitrogen and oxygen atoms in total. The van der Waals surface area contributed by atoms with Crippen molar-refractivity contribution in [2.24, 2.45) is 5.92 Å². The van der Waals surface area contributed by atoms with Crippen LogP contribution in [-0.4, -0.2) is 34.4 Å². The van der Waals surface area contributed by atoms with Gasteiger partial charge >= 0.3 is 0 Å². The van der Waals surface area contributed by atoms with Crippen LogP contribution in [-0.2, 0) is 13.9 Å². The molecule has 4 rings (SSSR count). The average Bonchev–Trinajstić information content (AvgIpc) is 2.95. The first-order valence-electron chi connectivity index (χ1n) is 15.6. The second-order valence-electron chi connectivity index (χ2n) is 12.7. The SMILES string of the molecule is CC1=C(CCCCO[C@@H]2CCCCO2)CCC[C@H]1CCCO[Si](c1ccccc1)(c1ccccc1)C(C)(C)C. The molecule has 39 heavy (non-hydrogen) atoms. The third-order valence-corrected chi connectivity index (χ3v) is 14.0. The van der Waals surface area contributed by atoms with Gasteiger partial charge < -0.3 is 13.9 Å². The molecular weight excluding hydrogens is 496 g/mol. The first kappa shape index (κ1) is 30.2. The van der Waals surface area contributed by atoms with Gasteiger partial charge in [-0.25, -0.2) is 0 Å². The molecule has 0 unspecified atom stereocenters. The predicted molar refractivity (Wildman–Crippen MR) is 166 cm³/mol. The van der Waals surface area contributed by atoms with Crippen LogP contribution in [0.5, 0.6) is 0 Å². The summed E-state index contributed by atoms with van der Waals surface area (Å²) < 4.78 is 18.8. The van der Waals surface area contributed by atoms with Crippen LogP contribution in [0.3, 0.4) is 0 Å². The van der Waals surface area contributed by atoms with E-state index in [0.29, 0.717) is 5.92 Å². The number of unbranched alkanes of at least 4 members (excludes halogenated alkanes) is 1. The molecule has 2 aromatic carbocycles. The minimum absolute atomic E-state index is 0.0381. The lowest BCUT2D eigenvalue weighted by atomic mass is 9.79. The molecule has 0 saturated carbocycles. The first-order valence-corrected chi connectivity index (χ1v) is 17.5. The maximum absolute atomic E-state index is 7.16. The second-order valence-corrected chi connectivity index (χ2v) is 17.0. The summed E-state index contributed by atoms with van der Waals surface area (Å²) in [5.41, 5.74) is 3.39. The Hall–Kier alpha value is -1.72. The van der Waals surface area contributed by atoms with Crippen molar-refractivity contribution in [2.45, 2.75) is 110 Å². The highest BCUT2D eigenvalue weighted by Crippen LogP contribution is 2.38. The molecule has 0 amide bonds. The third-order valence-electron chi connectivity index (χ3n) is 8.95. The molecule has 1 aliphatic heterocycles. The first-order chi connectivity index (χ1) is 18.9. The van der Waals surface area contributed by atoms with Crippen LogP contribution in [0, 0.1) is 5.92 Å². The van der Waals surface area contributed by atoms with Gasteiger partial charge in [0.25, 0.3) is 8.32 Å². The lowest BCUT2D eigenvalue weighted by Crippen LogP contribution is -2.66. The van der Waals surface area contributed by atoms with Gasteiger partial charge in [0.15, 0.2) is 6.29 Å². The van der Waals surface area contributed by atoms with Gasteiger partial charge in [-0.3, -0.25) is 0 Å². The summed E-state index contributed by atoms with van der Waals surface area (Å²) in [6, 6.07) is 22.1. The zero-order chi connectivity index (χ0) is 27.6. The van der Waals surface area contributed by atoms with Crippen molar-refractivity contribution in [3.05, 3.63) is 71.8 Å². The molecule has 0 radical (unpaired) electrons. The number of benzene rings is 2. The molecule has 2 atom stereocenters. The Morgan fingerprint density at radius 1 is 0.821 bits per heavy atom. The lowest BCUT2D eigenvalue weighted by Gasteiger charge is -2.43. The average molecular weight is 549 g/mol. The lowest BCUT2D eigenvalue weighted by molar-refractivity contribution is -0.162. The van der Waals surface area contributed by atoms with Crippen molar-refractivity contribution >= 4 is 18.7 Å². The molecule has 214 valence electrons. The molecule has 2 aliphatic rings.